The summed E-state index contributed by atoms with van der Waals surface area (Å²) in [4.78, 5) is 29.6. The lowest BCUT2D eigenvalue weighted by atomic mass is 9.94. The summed E-state index contributed by atoms with van der Waals surface area (Å²) in [5.41, 5.74) is 2.25. The standard InChI is InChI=1S/C29H37N5O4/c1-2-37-23-16-14-21(15-17-23)28(29(36)30-22-9-4-3-5-10-22)33(19-24-11-8-18-38-24)27(35)20-34-26-13-7-6-12-25(26)31-32-34/h6-7,12-17,22,24,28H,2-5,8-11,18-20H2,1H3,(H,30,36)/t24-,28-/m0/s1. The molecule has 5 rings (SSSR count). The SMILES string of the molecule is CCOc1ccc([C@@H](C(=O)NC2CCCCC2)N(C[C@@H]2CCCO2)C(=O)Cn2nnc3ccccc32)cc1. The molecule has 1 saturated carbocycles. The van der Waals surface area contributed by atoms with Crippen LogP contribution in [0.5, 0.6) is 5.75 Å². The molecule has 2 amide bonds. The van der Waals surface area contributed by atoms with E-state index in [-0.39, 0.29) is 30.5 Å². The molecule has 2 atom stereocenters. The smallest absolute Gasteiger partial charge is 0.247 e. The lowest BCUT2D eigenvalue weighted by Gasteiger charge is -2.34. The van der Waals surface area contributed by atoms with Crippen molar-refractivity contribution in [1.82, 2.24) is 25.2 Å². The van der Waals surface area contributed by atoms with Crippen LogP contribution in [0.3, 0.4) is 0 Å². The third kappa shape index (κ3) is 6.15. The third-order valence-electron chi connectivity index (χ3n) is 7.47. The molecule has 1 saturated heterocycles. The van der Waals surface area contributed by atoms with Gasteiger partial charge in [-0.2, -0.15) is 0 Å². The van der Waals surface area contributed by atoms with E-state index in [4.69, 9.17) is 9.47 Å². The van der Waals surface area contributed by atoms with E-state index in [1.165, 1.54) is 6.42 Å². The zero-order chi connectivity index (χ0) is 26.3. The van der Waals surface area contributed by atoms with Gasteiger partial charge in [0.2, 0.25) is 11.8 Å². The summed E-state index contributed by atoms with van der Waals surface area (Å²) in [6, 6.07) is 14.4. The highest BCUT2D eigenvalue weighted by atomic mass is 16.5. The molecule has 0 bridgehead atoms. The fourth-order valence-electron chi connectivity index (χ4n) is 5.52. The number of fused-ring (bicyclic) bond motifs is 1. The van der Waals surface area contributed by atoms with Crippen LogP contribution in [0.4, 0.5) is 0 Å². The average Bonchev–Trinajstić information content (AvgIpc) is 3.60. The molecule has 202 valence electrons. The van der Waals surface area contributed by atoms with Gasteiger partial charge in [-0.3, -0.25) is 9.59 Å². The Balaban J connectivity index is 1.47. The molecule has 38 heavy (non-hydrogen) atoms. The number of hydrogen-bond acceptors (Lipinski definition) is 6. The summed E-state index contributed by atoms with van der Waals surface area (Å²) in [5, 5.41) is 11.7. The predicted octanol–water partition coefficient (Wildman–Crippen LogP) is 4.03. The number of hydrogen-bond donors (Lipinski definition) is 1. The van der Waals surface area contributed by atoms with Crippen molar-refractivity contribution in [3.63, 3.8) is 0 Å². The van der Waals surface area contributed by atoms with Crippen LogP contribution < -0.4 is 10.1 Å². The Hall–Kier alpha value is -3.46. The van der Waals surface area contributed by atoms with Crippen molar-refractivity contribution in [1.29, 1.82) is 0 Å². The number of ether oxygens (including phenoxy) is 2. The Morgan fingerprint density at radius 2 is 1.87 bits per heavy atom. The van der Waals surface area contributed by atoms with Gasteiger partial charge in [-0.05, 0) is 62.4 Å². The average molecular weight is 520 g/mol. The number of nitrogens with zero attached hydrogens (tertiary/aromatic N) is 4. The molecule has 0 spiro atoms. The van der Waals surface area contributed by atoms with Gasteiger partial charge in [-0.15, -0.1) is 5.10 Å². The van der Waals surface area contributed by atoms with Crippen molar-refractivity contribution in [2.24, 2.45) is 0 Å². The number of carbonyl (C=O) groups is 2. The van der Waals surface area contributed by atoms with Crippen molar-refractivity contribution in [2.75, 3.05) is 19.8 Å². The zero-order valence-corrected chi connectivity index (χ0v) is 22.1. The van der Waals surface area contributed by atoms with Gasteiger partial charge in [-0.25, -0.2) is 4.68 Å². The van der Waals surface area contributed by atoms with Crippen molar-refractivity contribution in [3.05, 3.63) is 54.1 Å². The van der Waals surface area contributed by atoms with E-state index < -0.39 is 6.04 Å². The van der Waals surface area contributed by atoms with E-state index in [0.29, 0.717) is 19.8 Å². The molecule has 2 aromatic carbocycles. The van der Waals surface area contributed by atoms with Crippen molar-refractivity contribution < 1.29 is 19.1 Å². The first-order chi connectivity index (χ1) is 18.6. The minimum Gasteiger partial charge on any atom is -0.494 e. The van der Waals surface area contributed by atoms with Gasteiger partial charge in [0.15, 0.2) is 0 Å². The Morgan fingerprint density at radius 3 is 2.61 bits per heavy atom. The van der Waals surface area contributed by atoms with Gasteiger partial charge in [0.25, 0.3) is 0 Å². The van der Waals surface area contributed by atoms with Gasteiger partial charge < -0.3 is 19.7 Å². The molecule has 2 aliphatic rings. The van der Waals surface area contributed by atoms with E-state index in [1.54, 1.807) is 9.58 Å². The molecule has 2 fully saturated rings. The van der Waals surface area contributed by atoms with Gasteiger partial charge in [-0.1, -0.05) is 48.7 Å². The number of amides is 2. The summed E-state index contributed by atoms with van der Waals surface area (Å²) < 4.78 is 13.2. The first kappa shape index (κ1) is 26.2. The van der Waals surface area contributed by atoms with Crippen LogP contribution in [-0.4, -0.2) is 63.6 Å². The van der Waals surface area contributed by atoms with Crippen molar-refractivity contribution >= 4 is 22.8 Å². The zero-order valence-electron chi connectivity index (χ0n) is 22.1. The number of nitrogens with one attached hydrogen (secondary N) is 1. The molecule has 0 unspecified atom stereocenters. The predicted molar refractivity (Wildman–Crippen MR) is 144 cm³/mol. The van der Waals surface area contributed by atoms with E-state index in [9.17, 15) is 9.59 Å². The fourth-order valence-corrected chi connectivity index (χ4v) is 5.52. The minimum absolute atomic E-state index is 0.0164. The molecule has 2 heterocycles. The summed E-state index contributed by atoms with van der Waals surface area (Å²) in [6.07, 6.45) is 7.04. The molecule has 9 nitrogen and oxygen atoms in total. The lowest BCUT2D eigenvalue weighted by molar-refractivity contribution is -0.143. The molecule has 1 aliphatic heterocycles. The highest BCUT2D eigenvalue weighted by Gasteiger charge is 2.35. The molecule has 3 aromatic rings. The Bertz CT molecular complexity index is 1220. The normalized spacial score (nSPS) is 18.8. The topological polar surface area (TPSA) is 98.6 Å². The van der Waals surface area contributed by atoms with Crippen molar-refractivity contribution in [2.45, 2.75) is 76.6 Å². The van der Waals surface area contributed by atoms with Crippen LogP contribution in [0, 0.1) is 0 Å². The second-order valence-electron chi connectivity index (χ2n) is 10.2. The molecule has 1 aromatic heterocycles. The fraction of sp³-hybridized carbons (Fsp3) is 0.517. The Morgan fingerprint density at radius 1 is 1.08 bits per heavy atom. The third-order valence-corrected chi connectivity index (χ3v) is 7.47. The van der Waals surface area contributed by atoms with E-state index in [0.717, 1.165) is 60.9 Å². The van der Waals surface area contributed by atoms with Gasteiger partial charge in [0.1, 0.15) is 23.9 Å². The monoisotopic (exact) mass is 519 g/mol. The van der Waals surface area contributed by atoms with Gasteiger partial charge >= 0.3 is 0 Å². The maximum Gasteiger partial charge on any atom is 0.247 e. The Labute approximate surface area is 223 Å². The molecular formula is C29H37N5O4. The van der Waals surface area contributed by atoms with Gasteiger partial charge in [0, 0.05) is 19.2 Å². The number of carbonyl (C=O) groups excluding carboxylic acids is 2. The maximum atomic E-state index is 14.0. The summed E-state index contributed by atoms with van der Waals surface area (Å²) in [7, 11) is 0. The molecular weight excluding hydrogens is 482 g/mol. The van der Waals surface area contributed by atoms with Crippen LogP contribution in [-0.2, 0) is 20.9 Å². The molecule has 9 heteroatoms. The van der Waals surface area contributed by atoms with E-state index in [2.05, 4.69) is 15.6 Å². The first-order valence-corrected chi connectivity index (χ1v) is 13.8. The van der Waals surface area contributed by atoms with Crippen LogP contribution in [0.15, 0.2) is 48.5 Å². The second-order valence-corrected chi connectivity index (χ2v) is 10.2. The molecule has 1 N–H and O–H groups in total. The second kappa shape index (κ2) is 12.4. The summed E-state index contributed by atoms with van der Waals surface area (Å²) in [6.45, 7) is 3.48. The number of benzene rings is 2. The van der Waals surface area contributed by atoms with Crippen LogP contribution in [0.1, 0.15) is 63.5 Å². The number of para-hydroxylation sites is 1. The van der Waals surface area contributed by atoms with Gasteiger partial charge in [0.05, 0.1) is 18.2 Å². The highest BCUT2D eigenvalue weighted by Crippen LogP contribution is 2.28. The number of aromatic nitrogens is 3. The summed E-state index contributed by atoms with van der Waals surface area (Å²) in [5.74, 6) is 0.374. The molecule has 0 radical (unpaired) electrons. The lowest BCUT2D eigenvalue weighted by Crippen LogP contribution is -2.49. The van der Waals surface area contributed by atoms with E-state index >= 15 is 0 Å². The van der Waals surface area contributed by atoms with Crippen molar-refractivity contribution in [3.8, 4) is 5.75 Å². The quantitative estimate of drug-likeness (QED) is 0.434. The van der Waals surface area contributed by atoms with Crippen LogP contribution in [0.25, 0.3) is 11.0 Å². The van der Waals surface area contributed by atoms with E-state index in [1.807, 2.05) is 55.5 Å². The maximum absolute atomic E-state index is 14.0. The van der Waals surface area contributed by atoms with Crippen LogP contribution >= 0.6 is 0 Å². The Kier molecular flexibility index (Phi) is 8.53. The first-order valence-electron chi connectivity index (χ1n) is 13.8. The summed E-state index contributed by atoms with van der Waals surface area (Å²) >= 11 is 0. The van der Waals surface area contributed by atoms with Crippen LogP contribution in [0.2, 0.25) is 0 Å². The molecule has 1 aliphatic carbocycles. The largest absolute Gasteiger partial charge is 0.494 e. The number of rotatable bonds is 10. The highest BCUT2D eigenvalue weighted by molar-refractivity contribution is 5.89. The minimum atomic E-state index is -0.793.